The highest BCUT2D eigenvalue weighted by molar-refractivity contribution is 8.00. The molecule has 0 N–H and O–H groups in total. The number of ether oxygens (including phenoxy) is 1. The van der Waals surface area contributed by atoms with Gasteiger partial charge >= 0.3 is 5.97 Å². The number of esters is 1. The van der Waals surface area contributed by atoms with Crippen LogP contribution in [0.1, 0.15) is 30.7 Å². The summed E-state index contributed by atoms with van der Waals surface area (Å²) in [5, 5.41) is -0.121. The van der Waals surface area contributed by atoms with Gasteiger partial charge in [0.1, 0.15) is 11.9 Å². The molecule has 1 aromatic rings. The minimum atomic E-state index is -0.339. The van der Waals surface area contributed by atoms with Crippen molar-refractivity contribution in [3.63, 3.8) is 0 Å². The van der Waals surface area contributed by atoms with Gasteiger partial charge in [-0.2, -0.15) is 0 Å². The second kappa shape index (κ2) is 7.28. The number of pyridine rings is 1. The smallest absolute Gasteiger partial charge is 0.325 e. The van der Waals surface area contributed by atoms with Crippen LogP contribution in [0.4, 0.5) is 0 Å². The molecule has 1 aliphatic rings. The maximum atomic E-state index is 11.9. The molecule has 1 aliphatic heterocycles. The van der Waals surface area contributed by atoms with E-state index >= 15 is 0 Å². The number of thioether (sulfide) groups is 1. The topological polar surface area (TPSA) is 59.5 Å². The zero-order chi connectivity index (χ0) is 14.4. The van der Waals surface area contributed by atoms with Crippen molar-refractivity contribution in [2.45, 2.75) is 25.1 Å². The van der Waals surface area contributed by atoms with Crippen molar-refractivity contribution >= 4 is 23.6 Å². The van der Waals surface area contributed by atoms with E-state index in [2.05, 4.69) is 4.98 Å². The summed E-state index contributed by atoms with van der Waals surface area (Å²) in [6.07, 6.45) is 5.21. The Morgan fingerprint density at radius 2 is 2.25 bits per heavy atom. The highest BCUT2D eigenvalue weighted by atomic mass is 32.2. The molecule has 108 valence electrons. The fourth-order valence-corrected chi connectivity index (χ4v) is 3.13. The lowest BCUT2D eigenvalue weighted by Crippen LogP contribution is -2.34. The second-order valence-corrected chi connectivity index (χ2v) is 5.61. The molecule has 20 heavy (non-hydrogen) atoms. The maximum Gasteiger partial charge on any atom is 0.325 e. The molecule has 1 atom stereocenters. The largest absolute Gasteiger partial charge is 0.464 e. The van der Waals surface area contributed by atoms with E-state index in [1.807, 2.05) is 19.1 Å². The Bertz CT molecular complexity index is 467. The third kappa shape index (κ3) is 3.72. The van der Waals surface area contributed by atoms with Crippen LogP contribution in [0.25, 0.3) is 0 Å². The van der Waals surface area contributed by atoms with E-state index in [0.717, 1.165) is 18.4 Å². The number of hydrogen-bond acceptors (Lipinski definition) is 5. The SMILES string of the molecule is CCCCOC(=O)CN1C(=O)CSC1c1ccncc1. The summed E-state index contributed by atoms with van der Waals surface area (Å²) in [5.74, 6) is 0.0347. The van der Waals surface area contributed by atoms with Gasteiger partial charge in [0.25, 0.3) is 0 Å². The first-order valence-electron chi connectivity index (χ1n) is 6.69. The summed E-state index contributed by atoms with van der Waals surface area (Å²) in [7, 11) is 0. The highest BCUT2D eigenvalue weighted by Crippen LogP contribution is 2.37. The molecule has 1 fully saturated rings. The second-order valence-electron chi connectivity index (χ2n) is 4.54. The Morgan fingerprint density at radius 1 is 1.50 bits per heavy atom. The lowest BCUT2D eigenvalue weighted by atomic mass is 10.2. The first kappa shape index (κ1) is 14.8. The molecule has 0 saturated carbocycles. The Kier molecular flexibility index (Phi) is 5.40. The fraction of sp³-hybridized carbons (Fsp3) is 0.500. The first-order valence-corrected chi connectivity index (χ1v) is 7.74. The molecule has 0 bridgehead atoms. The van der Waals surface area contributed by atoms with Gasteiger partial charge in [-0.25, -0.2) is 0 Å². The van der Waals surface area contributed by atoms with Gasteiger partial charge in [-0.15, -0.1) is 11.8 Å². The van der Waals surface area contributed by atoms with Crippen molar-refractivity contribution in [2.75, 3.05) is 18.9 Å². The Labute approximate surface area is 122 Å². The number of unbranched alkanes of at least 4 members (excludes halogenated alkanes) is 1. The van der Waals surface area contributed by atoms with E-state index in [1.165, 1.54) is 11.8 Å². The van der Waals surface area contributed by atoms with Crippen LogP contribution >= 0.6 is 11.8 Å². The number of carbonyl (C=O) groups is 2. The molecule has 5 nitrogen and oxygen atoms in total. The summed E-state index contributed by atoms with van der Waals surface area (Å²) in [6, 6.07) is 3.73. The van der Waals surface area contributed by atoms with E-state index in [9.17, 15) is 9.59 Å². The quantitative estimate of drug-likeness (QED) is 0.593. The minimum absolute atomic E-state index is 0.0164. The van der Waals surface area contributed by atoms with Crippen LogP contribution in [0.5, 0.6) is 0 Å². The number of rotatable bonds is 6. The zero-order valence-electron chi connectivity index (χ0n) is 11.4. The predicted octanol–water partition coefficient (Wildman–Crippen LogP) is 2.00. The van der Waals surface area contributed by atoms with Gasteiger partial charge in [0, 0.05) is 12.4 Å². The molecule has 0 aromatic carbocycles. The predicted molar refractivity (Wildman–Crippen MR) is 77.0 cm³/mol. The van der Waals surface area contributed by atoms with Gasteiger partial charge in [-0.1, -0.05) is 13.3 Å². The third-order valence-electron chi connectivity index (χ3n) is 3.02. The molecule has 6 heteroatoms. The number of hydrogen-bond donors (Lipinski definition) is 0. The summed E-state index contributed by atoms with van der Waals surface area (Å²) >= 11 is 1.52. The first-order chi connectivity index (χ1) is 9.72. The maximum absolute atomic E-state index is 11.9. The Morgan fingerprint density at radius 3 is 2.95 bits per heavy atom. The van der Waals surface area contributed by atoms with Crippen LogP contribution in [-0.2, 0) is 14.3 Å². The summed E-state index contributed by atoms with van der Waals surface area (Å²) < 4.78 is 5.12. The molecule has 0 spiro atoms. The highest BCUT2D eigenvalue weighted by Gasteiger charge is 2.34. The lowest BCUT2D eigenvalue weighted by Gasteiger charge is -2.23. The fourth-order valence-electron chi connectivity index (χ4n) is 1.94. The average molecular weight is 294 g/mol. The van der Waals surface area contributed by atoms with Gasteiger partial charge in [-0.05, 0) is 24.1 Å². The molecule has 1 amide bonds. The number of aromatic nitrogens is 1. The molecule has 1 aromatic heterocycles. The summed E-state index contributed by atoms with van der Waals surface area (Å²) in [6.45, 7) is 2.47. The minimum Gasteiger partial charge on any atom is -0.464 e. The zero-order valence-corrected chi connectivity index (χ0v) is 12.3. The molecular weight excluding hydrogens is 276 g/mol. The van der Waals surface area contributed by atoms with Crippen molar-refractivity contribution in [3.8, 4) is 0 Å². The number of carbonyl (C=O) groups excluding carboxylic acids is 2. The van der Waals surface area contributed by atoms with Crippen LogP contribution in [0.15, 0.2) is 24.5 Å². The molecule has 0 aliphatic carbocycles. The Balaban J connectivity index is 1.97. The molecule has 1 unspecified atom stereocenters. The average Bonchev–Trinajstić information content (AvgIpc) is 2.82. The van der Waals surface area contributed by atoms with E-state index in [-0.39, 0.29) is 23.8 Å². The normalized spacial score (nSPS) is 18.4. The Hall–Kier alpha value is -1.56. The molecule has 2 heterocycles. The molecule has 2 rings (SSSR count). The summed E-state index contributed by atoms with van der Waals surface area (Å²) in [5.41, 5.74) is 0.984. The monoisotopic (exact) mass is 294 g/mol. The number of amides is 1. The molecule has 0 radical (unpaired) electrons. The van der Waals surface area contributed by atoms with Crippen molar-refractivity contribution in [1.82, 2.24) is 9.88 Å². The molecular formula is C14H18N2O3S. The summed E-state index contributed by atoms with van der Waals surface area (Å²) in [4.78, 5) is 29.2. The number of nitrogens with zero attached hydrogens (tertiary/aromatic N) is 2. The van der Waals surface area contributed by atoms with E-state index < -0.39 is 0 Å². The van der Waals surface area contributed by atoms with Crippen molar-refractivity contribution < 1.29 is 14.3 Å². The van der Waals surface area contributed by atoms with Gasteiger partial charge < -0.3 is 9.64 Å². The van der Waals surface area contributed by atoms with Crippen LogP contribution in [0.2, 0.25) is 0 Å². The van der Waals surface area contributed by atoms with E-state index in [4.69, 9.17) is 4.74 Å². The van der Waals surface area contributed by atoms with Crippen LogP contribution in [0.3, 0.4) is 0 Å². The van der Waals surface area contributed by atoms with Crippen molar-refractivity contribution in [1.29, 1.82) is 0 Å². The van der Waals surface area contributed by atoms with E-state index in [1.54, 1.807) is 17.3 Å². The van der Waals surface area contributed by atoms with Gasteiger partial charge in [-0.3, -0.25) is 14.6 Å². The van der Waals surface area contributed by atoms with Crippen molar-refractivity contribution in [3.05, 3.63) is 30.1 Å². The van der Waals surface area contributed by atoms with Gasteiger partial charge in [0.15, 0.2) is 0 Å². The van der Waals surface area contributed by atoms with Gasteiger partial charge in [0.05, 0.1) is 12.4 Å². The van der Waals surface area contributed by atoms with Gasteiger partial charge in [0.2, 0.25) is 5.91 Å². The third-order valence-corrected chi connectivity index (χ3v) is 4.28. The molecule has 1 saturated heterocycles. The lowest BCUT2D eigenvalue weighted by molar-refractivity contribution is -0.148. The van der Waals surface area contributed by atoms with Crippen molar-refractivity contribution in [2.24, 2.45) is 0 Å². The standard InChI is InChI=1S/C14H18N2O3S/c1-2-3-8-19-13(18)9-16-12(17)10-20-14(16)11-4-6-15-7-5-11/h4-7,14H,2-3,8-10H2,1H3. The van der Waals surface area contributed by atoms with Crippen LogP contribution in [-0.4, -0.2) is 40.7 Å². The van der Waals surface area contributed by atoms with Crippen LogP contribution < -0.4 is 0 Å². The van der Waals surface area contributed by atoms with Crippen LogP contribution in [0, 0.1) is 0 Å². The van der Waals surface area contributed by atoms with E-state index in [0.29, 0.717) is 12.4 Å².